The molecule has 0 amide bonds. The van der Waals surface area contributed by atoms with E-state index in [1.165, 1.54) is 4.68 Å². The Morgan fingerprint density at radius 3 is 2.52 bits per heavy atom. The number of aryl methyl sites for hydroxylation is 1. The molecule has 0 spiro atoms. The van der Waals surface area contributed by atoms with Gasteiger partial charge in [-0.25, -0.2) is 4.98 Å². The van der Waals surface area contributed by atoms with Crippen LogP contribution in [0.1, 0.15) is 5.69 Å². The number of halogens is 1. The van der Waals surface area contributed by atoms with Gasteiger partial charge in [-0.15, -0.1) is 0 Å². The Morgan fingerprint density at radius 2 is 1.78 bits per heavy atom. The lowest BCUT2D eigenvalue weighted by molar-refractivity contribution is -0.556. The topological polar surface area (TPSA) is 85.0 Å². The minimum Gasteiger partial charge on any atom is -0.870 e. The molecule has 4 rings (SSSR count). The number of fused-ring (bicyclic) bond motifs is 3. The Balaban J connectivity index is 0.00000156. The first-order valence-electron chi connectivity index (χ1n) is 6.80. The number of aromatic nitrogens is 4. The van der Waals surface area contributed by atoms with E-state index in [9.17, 15) is 5.11 Å². The molecule has 4 aromatic rings. The maximum Gasteiger partial charge on any atom is 0.361 e. The fourth-order valence-electron chi connectivity index (χ4n) is 2.58. The fraction of sp³-hybridized carbons (Fsp3) is 0.0625. The summed E-state index contributed by atoms with van der Waals surface area (Å²) in [4.78, 5) is 4.53. The van der Waals surface area contributed by atoms with Crippen molar-refractivity contribution in [3.8, 4) is 11.6 Å². The molecule has 2 aromatic heterocycles. The maximum atomic E-state index is 10.6. The van der Waals surface area contributed by atoms with Gasteiger partial charge in [-0.1, -0.05) is 32.9 Å². The van der Waals surface area contributed by atoms with Crippen LogP contribution in [0.3, 0.4) is 0 Å². The highest BCUT2D eigenvalue weighted by molar-refractivity contribution is 6.30. The summed E-state index contributed by atoms with van der Waals surface area (Å²) in [5.41, 5.74) is 3.71. The van der Waals surface area contributed by atoms with E-state index in [4.69, 9.17) is 11.6 Å². The van der Waals surface area contributed by atoms with Crippen LogP contribution in [-0.2, 0) is 0 Å². The molecule has 0 aliphatic rings. The molecule has 0 fully saturated rings. The van der Waals surface area contributed by atoms with Crippen LogP contribution >= 0.6 is 11.6 Å². The van der Waals surface area contributed by atoms with Crippen LogP contribution in [0.15, 0.2) is 48.5 Å². The molecule has 2 aromatic carbocycles. The Morgan fingerprint density at radius 1 is 1.09 bits per heavy atom. The van der Waals surface area contributed by atoms with Crippen molar-refractivity contribution in [2.45, 2.75) is 6.92 Å². The predicted molar refractivity (Wildman–Crippen MR) is 85.4 cm³/mol. The summed E-state index contributed by atoms with van der Waals surface area (Å²) in [6.07, 6.45) is 0. The largest absolute Gasteiger partial charge is 0.870 e. The quantitative estimate of drug-likeness (QED) is 0.544. The lowest BCUT2D eigenvalue weighted by Crippen LogP contribution is -2.27. The van der Waals surface area contributed by atoms with Gasteiger partial charge in [0.25, 0.3) is 5.52 Å². The van der Waals surface area contributed by atoms with Gasteiger partial charge in [0, 0.05) is 5.02 Å². The maximum absolute atomic E-state index is 10.6. The Bertz CT molecular complexity index is 1010. The highest BCUT2D eigenvalue weighted by Gasteiger charge is 2.25. The predicted octanol–water partition coefficient (Wildman–Crippen LogP) is 2.65. The molecule has 0 aliphatic heterocycles. The van der Waals surface area contributed by atoms with Gasteiger partial charge in [-0.05, 0) is 43.3 Å². The molecular formula is C16H13ClN4O2. The zero-order valence-corrected chi connectivity index (χ0v) is 12.9. The Hall–Kier alpha value is -2.70. The van der Waals surface area contributed by atoms with Crippen LogP contribution in [0.4, 0.5) is 0 Å². The first-order chi connectivity index (χ1) is 10.6. The molecule has 0 bridgehead atoms. The number of para-hydroxylation sites is 2. The van der Waals surface area contributed by atoms with Gasteiger partial charge in [-0.2, -0.15) is 0 Å². The molecule has 0 aliphatic carbocycles. The lowest BCUT2D eigenvalue weighted by Gasteiger charge is -1.96. The zero-order chi connectivity index (χ0) is 15.3. The van der Waals surface area contributed by atoms with E-state index in [2.05, 4.69) is 10.2 Å². The monoisotopic (exact) mass is 328 g/mol. The van der Waals surface area contributed by atoms with Gasteiger partial charge in [0.05, 0.1) is 5.69 Å². The summed E-state index contributed by atoms with van der Waals surface area (Å²) in [6, 6.07) is 14.8. The fourth-order valence-corrected chi connectivity index (χ4v) is 2.71. The van der Waals surface area contributed by atoms with Crippen molar-refractivity contribution in [2.75, 3.05) is 0 Å². The SMILES string of the molecule is Cc1nc2ccccc2[n+]2nn(-c3ccc(Cl)cc3)c(O)c12.[OH-]. The number of hydrogen-bond donors (Lipinski definition) is 1. The standard InChI is InChI=1S/C16H11ClN4O.H2O/c1-10-15-16(22)20(12-8-6-11(17)7-9-12)19-21(15)14-5-3-2-4-13(14)18-10;/h2-9H,1H3;1H2. The molecule has 0 unspecified atom stereocenters. The first-order valence-corrected chi connectivity index (χ1v) is 7.18. The zero-order valence-electron chi connectivity index (χ0n) is 12.2. The first kappa shape index (κ1) is 15.2. The number of aromatic hydroxyl groups is 1. The smallest absolute Gasteiger partial charge is 0.361 e. The summed E-state index contributed by atoms with van der Waals surface area (Å²) < 4.78 is 3.19. The molecule has 0 atom stereocenters. The molecule has 116 valence electrons. The van der Waals surface area contributed by atoms with Crippen LogP contribution in [0.5, 0.6) is 5.88 Å². The van der Waals surface area contributed by atoms with Crippen molar-refractivity contribution in [3.05, 3.63) is 59.2 Å². The molecule has 2 heterocycles. The molecule has 0 radical (unpaired) electrons. The third-order valence-corrected chi connectivity index (χ3v) is 3.87. The van der Waals surface area contributed by atoms with Crippen molar-refractivity contribution in [3.63, 3.8) is 0 Å². The summed E-state index contributed by atoms with van der Waals surface area (Å²) in [5.74, 6) is 0.0538. The number of nitrogens with zero attached hydrogens (tertiary/aromatic N) is 4. The van der Waals surface area contributed by atoms with Crippen molar-refractivity contribution < 1.29 is 15.1 Å². The van der Waals surface area contributed by atoms with Crippen LogP contribution in [0, 0.1) is 6.92 Å². The molecular weight excluding hydrogens is 316 g/mol. The van der Waals surface area contributed by atoms with E-state index in [1.807, 2.05) is 31.2 Å². The second kappa shape index (κ2) is 5.49. The van der Waals surface area contributed by atoms with Crippen molar-refractivity contribution in [2.24, 2.45) is 0 Å². The highest BCUT2D eigenvalue weighted by Crippen LogP contribution is 2.23. The normalized spacial score (nSPS) is 10.9. The van der Waals surface area contributed by atoms with Crippen LogP contribution in [0.25, 0.3) is 22.2 Å². The van der Waals surface area contributed by atoms with Crippen LogP contribution < -0.4 is 4.52 Å². The highest BCUT2D eigenvalue weighted by atomic mass is 35.5. The minimum atomic E-state index is 0. The van der Waals surface area contributed by atoms with Gasteiger partial charge < -0.3 is 10.6 Å². The molecule has 23 heavy (non-hydrogen) atoms. The van der Waals surface area contributed by atoms with E-state index >= 15 is 0 Å². The van der Waals surface area contributed by atoms with Gasteiger partial charge in [0.1, 0.15) is 10.7 Å². The summed E-state index contributed by atoms with van der Waals surface area (Å²) in [6.45, 7) is 1.86. The number of rotatable bonds is 1. The van der Waals surface area contributed by atoms with Crippen molar-refractivity contribution in [1.82, 2.24) is 14.9 Å². The van der Waals surface area contributed by atoms with E-state index in [0.29, 0.717) is 10.5 Å². The Kier molecular flexibility index (Phi) is 3.63. The summed E-state index contributed by atoms with van der Waals surface area (Å²) in [7, 11) is 0. The number of hydrogen-bond acceptors (Lipinski definition) is 4. The second-order valence-corrected chi connectivity index (χ2v) is 5.48. The van der Waals surface area contributed by atoms with Gasteiger partial charge in [0.15, 0.2) is 11.2 Å². The molecule has 0 saturated heterocycles. The Labute approximate surface area is 136 Å². The minimum absolute atomic E-state index is 0. The van der Waals surface area contributed by atoms with Crippen LogP contribution in [0.2, 0.25) is 5.02 Å². The third kappa shape index (κ3) is 2.28. The van der Waals surface area contributed by atoms with Gasteiger partial charge in [0.2, 0.25) is 0 Å². The second-order valence-electron chi connectivity index (χ2n) is 5.05. The van der Waals surface area contributed by atoms with Crippen molar-refractivity contribution in [1.29, 1.82) is 0 Å². The molecule has 2 N–H and O–H groups in total. The van der Waals surface area contributed by atoms with Gasteiger partial charge in [-0.3, -0.25) is 0 Å². The van der Waals surface area contributed by atoms with Gasteiger partial charge >= 0.3 is 5.88 Å². The van der Waals surface area contributed by atoms with Crippen LogP contribution in [-0.4, -0.2) is 25.5 Å². The number of benzene rings is 2. The summed E-state index contributed by atoms with van der Waals surface area (Å²) in [5, 5.41) is 15.7. The van der Waals surface area contributed by atoms with E-state index < -0.39 is 0 Å². The molecule has 6 nitrogen and oxygen atoms in total. The van der Waals surface area contributed by atoms with E-state index in [-0.39, 0.29) is 11.4 Å². The average Bonchev–Trinajstić information content (AvgIpc) is 2.87. The van der Waals surface area contributed by atoms with Crippen molar-refractivity contribution >= 4 is 28.2 Å². The molecule has 7 heteroatoms. The molecule has 0 saturated carbocycles. The third-order valence-electron chi connectivity index (χ3n) is 3.62. The van der Waals surface area contributed by atoms with E-state index in [0.717, 1.165) is 22.4 Å². The average molecular weight is 329 g/mol. The van der Waals surface area contributed by atoms with E-state index in [1.54, 1.807) is 28.8 Å². The summed E-state index contributed by atoms with van der Waals surface area (Å²) >= 11 is 5.91. The lowest BCUT2D eigenvalue weighted by atomic mass is 10.2.